The molecule has 0 aromatic carbocycles. The van der Waals surface area contributed by atoms with Gasteiger partial charge in [0.25, 0.3) is 5.56 Å². The van der Waals surface area contributed by atoms with Crippen LogP contribution in [0.1, 0.15) is 30.7 Å². The van der Waals surface area contributed by atoms with Gasteiger partial charge in [-0.15, -0.1) is 11.3 Å². The highest BCUT2D eigenvalue weighted by Crippen LogP contribution is 2.39. The monoisotopic (exact) mass is 347 g/mol. The molecule has 0 amide bonds. The molecule has 23 heavy (non-hydrogen) atoms. The molecule has 0 radical (unpaired) electrons. The van der Waals surface area contributed by atoms with Crippen molar-refractivity contribution in [1.29, 1.82) is 0 Å². The Kier molecular flexibility index (Phi) is 3.30. The van der Waals surface area contributed by atoms with Crippen molar-refractivity contribution in [3.05, 3.63) is 27.2 Å². The first-order valence-corrected chi connectivity index (χ1v) is 9.46. The van der Waals surface area contributed by atoms with Crippen molar-refractivity contribution in [2.45, 2.75) is 44.6 Å². The van der Waals surface area contributed by atoms with Crippen LogP contribution in [0.25, 0.3) is 20.4 Å². The van der Waals surface area contributed by atoms with E-state index in [0.29, 0.717) is 16.5 Å². The number of ether oxygens (including phenoxy) is 1. The molecule has 3 aromatic rings. The summed E-state index contributed by atoms with van der Waals surface area (Å²) in [5.74, 6) is 0. The molecule has 120 valence electrons. The van der Waals surface area contributed by atoms with E-state index in [2.05, 4.69) is 23.8 Å². The summed E-state index contributed by atoms with van der Waals surface area (Å²) >= 11 is 2.87. The minimum absolute atomic E-state index is 0.0833. The summed E-state index contributed by atoms with van der Waals surface area (Å²) in [7, 11) is 0. The van der Waals surface area contributed by atoms with Gasteiger partial charge in [0, 0.05) is 23.1 Å². The van der Waals surface area contributed by atoms with Crippen molar-refractivity contribution in [2.24, 2.45) is 0 Å². The highest BCUT2D eigenvalue weighted by atomic mass is 32.2. The van der Waals surface area contributed by atoms with Crippen LogP contribution < -0.4 is 5.56 Å². The van der Waals surface area contributed by atoms with Crippen molar-refractivity contribution >= 4 is 43.5 Å². The lowest BCUT2D eigenvalue weighted by atomic mass is 9.89. The fourth-order valence-corrected chi connectivity index (χ4v) is 4.59. The van der Waals surface area contributed by atoms with E-state index in [-0.39, 0.29) is 11.2 Å². The summed E-state index contributed by atoms with van der Waals surface area (Å²) in [4.78, 5) is 25.5. The van der Waals surface area contributed by atoms with Crippen LogP contribution in [0.4, 0.5) is 0 Å². The lowest BCUT2D eigenvalue weighted by Crippen LogP contribution is -2.32. The van der Waals surface area contributed by atoms with E-state index in [9.17, 15) is 4.79 Å². The van der Waals surface area contributed by atoms with Crippen molar-refractivity contribution in [3.63, 3.8) is 0 Å². The zero-order valence-corrected chi connectivity index (χ0v) is 15.1. The van der Waals surface area contributed by atoms with Gasteiger partial charge >= 0.3 is 0 Å². The van der Waals surface area contributed by atoms with Crippen LogP contribution >= 0.6 is 23.1 Å². The van der Waals surface area contributed by atoms with Gasteiger partial charge in [-0.1, -0.05) is 11.8 Å². The third-order valence-electron chi connectivity index (χ3n) is 4.28. The molecule has 1 aliphatic heterocycles. The quantitative estimate of drug-likeness (QED) is 0.540. The Balaban J connectivity index is 2.16. The van der Waals surface area contributed by atoms with E-state index in [1.54, 1.807) is 0 Å². The predicted octanol–water partition coefficient (Wildman–Crippen LogP) is 3.41. The molecule has 4 heterocycles. The Morgan fingerprint density at radius 2 is 2.09 bits per heavy atom. The minimum Gasteiger partial charge on any atom is -0.370 e. The number of fused-ring (bicyclic) bond motifs is 5. The largest absolute Gasteiger partial charge is 0.370 e. The number of pyridine rings is 1. The molecule has 0 bridgehead atoms. The number of aryl methyl sites for hydroxylation is 1. The van der Waals surface area contributed by atoms with Crippen molar-refractivity contribution in [1.82, 2.24) is 15.0 Å². The zero-order valence-electron chi connectivity index (χ0n) is 13.4. The average molecular weight is 347 g/mol. The molecule has 3 aromatic heterocycles. The van der Waals surface area contributed by atoms with Gasteiger partial charge in [-0.05, 0) is 32.6 Å². The summed E-state index contributed by atoms with van der Waals surface area (Å²) < 4.78 is 6.60. The molecule has 0 saturated heterocycles. The van der Waals surface area contributed by atoms with Crippen LogP contribution in [-0.2, 0) is 17.8 Å². The van der Waals surface area contributed by atoms with Gasteiger partial charge < -0.3 is 9.72 Å². The number of nitrogens with one attached hydrogen (secondary N) is 1. The number of rotatable bonds is 1. The van der Waals surface area contributed by atoms with Gasteiger partial charge in [-0.25, -0.2) is 9.97 Å². The maximum Gasteiger partial charge on any atom is 0.269 e. The number of nitrogens with zero attached hydrogens (tertiary/aromatic N) is 2. The van der Waals surface area contributed by atoms with Gasteiger partial charge in [0.15, 0.2) is 5.16 Å². The molecule has 0 saturated carbocycles. The minimum atomic E-state index is -0.217. The first-order valence-electron chi connectivity index (χ1n) is 7.42. The van der Waals surface area contributed by atoms with Crippen LogP contribution in [0, 0.1) is 6.92 Å². The van der Waals surface area contributed by atoms with E-state index in [0.717, 1.165) is 33.4 Å². The normalized spacial score (nSPS) is 16.9. The van der Waals surface area contributed by atoms with Gasteiger partial charge in [0.2, 0.25) is 0 Å². The third-order valence-corrected chi connectivity index (χ3v) is 5.93. The highest BCUT2D eigenvalue weighted by Gasteiger charge is 2.30. The molecule has 1 aliphatic rings. The second kappa shape index (κ2) is 5.03. The third kappa shape index (κ3) is 2.29. The number of H-pyrrole nitrogens is 1. The fourth-order valence-electron chi connectivity index (χ4n) is 3.12. The maximum absolute atomic E-state index is 12.4. The highest BCUT2D eigenvalue weighted by molar-refractivity contribution is 7.98. The number of hydrogen-bond acceptors (Lipinski definition) is 6. The average Bonchev–Trinajstić information content (AvgIpc) is 2.85. The molecular weight excluding hydrogens is 330 g/mol. The topological polar surface area (TPSA) is 67.9 Å². The second-order valence-electron chi connectivity index (χ2n) is 6.41. The van der Waals surface area contributed by atoms with Crippen molar-refractivity contribution in [2.75, 3.05) is 6.26 Å². The number of aromatic nitrogens is 3. The van der Waals surface area contributed by atoms with Crippen LogP contribution in [0.3, 0.4) is 0 Å². The first-order chi connectivity index (χ1) is 10.9. The smallest absolute Gasteiger partial charge is 0.269 e. The Hall–Kier alpha value is -1.44. The summed E-state index contributed by atoms with van der Waals surface area (Å²) in [5, 5.41) is 1.67. The molecule has 1 N–H and O–H groups in total. The van der Waals surface area contributed by atoms with Crippen molar-refractivity contribution in [3.8, 4) is 0 Å². The number of thioether (sulfide) groups is 1. The summed E-state index contributed by atoms with van der Waals surface area (Å²) in [6, 6.07) is 0. The number of thiophene rings is 1. The molecule has 0 fully saturated rings. The zero-order chi connectivity index (χ0) is 16.4. The Bertz CT molecular complexity index is 1000. The molecular formula is C16H17N3O2S2. The van der Waals surface area contributed by atoms with Crippen LogP contribution in [0.15, 0.2) is 9.95 Å². The van der Waals surface area contributed by atoms with E-state index in [1.165, 1.54) is 28.7 Å². The maximum atomic E-state index is 12.4. The molecule has 0 atom stereocenters. The first kappa shape index (κ1) is 15.1. The standard InChI is InChI=1S/C16H17N3O2S2/c1-7-9-6-21-16(2,3)5-8(9)10-11-12(23-14(10)17-7)13(20)19-15(18-11)22-4/h5-6H2,1-4H3,(H,18,19,20). The molecule has 4 rings (SSSR count). The van der Waals surface area contributed by atoms with E-state index in [4.69, 9.17) is 9.72 Å². The Morgan fingerprint density at radius 1 is 1.30 bits per heavy atom. The van der Waals surface area contributed by atoms with E-state index >= 15 is 0 Å². The Labute approximate surface area is 141 Å². The van der Waals surface area contributed by atoms with Gasteiger partial charge in [-0.2, -0.15) is 0 Å². The summed E-state index contributed by atoms with van der Waals surface area (Å²) in [5.41, 5.74) is 3.84. The van der Waals surface area contributed by atoms with Crippen LogP contribution in [-0.4, -0.2) is 26.8 Å². The lowest BCUT2D eigenvalue weighted by Gasteiger charge is -2.32. The lowest BCUT2D eigenvalue weighted by molar-refractivity contribution is -0.0400. The number of hydrogen-bond donors (Lipinski definition) is 1. The summed E-state index contributed by atoms with van der Waals surface area (Å²) in [6.07, 6.45) is 2.71. The predicted molar refractivity (Wildman–Crippen MR) is 94.6 cm³/mol. The number of aromatic amines is 1. The molecule has 0 aliphatic carbocycles. The van der Waals surface area contributed by atoms with Gasteiger partial charge in [0.05, 0.1) is 17.7 Å². The van der Waals surface area contributed by atoms with Crippen molar-refractivity contribution < 1.29 is 4.74 Å². The summed E-state index contributed by atoms with van der Waals surface area (Å²) in [6.45, 7) is 6.77. The molecule has 0 unspecified atom stereocenters. The van der Waals surface area contributed by atoms with Gasteiger partial charge in [-0.3, -0.25) is 4.79 Å². The van der Waals surface area contributed by atoms with Crippen LogP contribution in [0.2, 0.25) is 0 Å². The van der Waals surface area contributed by atoms with E-state index in [1.807, 2.05) is 13.2 Å². The fraction of sp³-hybridized carbons (Fsp3) is 0.438. The molecule has 0 spiro atoms. The van der Waals surface area contributed by atoms with Crippen LogP contribution in [0.5, 0.6) is 0 Å². The second-order valence-corrected chi connectivity index (χ2v) is 8.21. The molecule has 7 heteroatoms. The Morgan fingerprint density at radius 3 is 2.83 bits per heavy atom. The van der Waals surface area contributed by atoms with E-state index < -0.39 is 0 Å². The molecule has 5 nitrogen and oxygen atoms in total. The SMILES string of the molecule is CSc1nc2c(sc3nc(C)c4c(c32)CC(C)(C)OC4)c(=O)[nH]1. The van der Waals surface area contributed by atoms with Gasteiger partial charge in [0.1, 0.15) is 9.53 Å².